The van der Waals surface area contributed by atoms with E-state index in [0.717, 1.165) is 0 Å². The number of hydrogen-bond acceptors (Lipinski definition) is 3. The maximum atomic E-state index is 11.7. The number of hydrogen-bond donors (Lipinski definition) is 3. The van der Waals surface area contributed by atoms with E-state index in [1.54, 1.807) is 30.6 Å². The Kier molecular flexibility index (Phi) is 3.45. The summed E-state index contributed by atoms with van der Waals surface area (Å²) in [5, 5.41) is 10.5. The van der Waals surface area contributed by atoms with Gasteiger partial charge in [0.05, 0.1) is 10.7 Å². The molecule has 7 heteroatoms. The third kappa shape index (κ3) is 2.53. The van der Waals surface area contributed by atoms with Crippen molar-refractivity contribution in [3.63, 3.8) is 0 Å². The molecule has 106 valence electrons. The minimum Gasteiger partial charge on any atom is -0.503 e. The summed E-state index contributed by atoms with van der Waals surface area (Å²) in [5.41, 5.74) is 0.964. The van der Waals surface area contributed by atoms with E-state index in [9.17, 15) is 9.90 Å². The maximum Gasteiger partial charge on any atom is 0.290 e. The van der Waals surface area contributed by atoms with Crippen LogP contribution in [0.25, 0.3) is 22.6 Å². The van der Waals surface area contributed by atoms with Crippen LogP contribution in [0.4, 0.5) is 0 Å². The molecule has 0 saturated heterocycles. The minimum absolute atomic E-state index is 0.386. The van der Waals surface area contributed by atoms with Crippen molar-refractivity contribution in [3.05, 3.63) is 57.1 Å². The van der Waals surface area contributed by atoms with E-state index < -0.39 is 11.3 Å². The van der Waals surface area contributed by atoms with Gasteiger partial charge in [-0.25, -0.2) is 4.98 Å². The predicted molar refractivity (Wildman–Crippen MR) is 81.8 cm³/mol. The molecular weight excluding hydrogens is 313 g/mol. The number of halogens is 2. The zero-order valence-electron chi connectivity index (χ0n) is 10.5. The quantitative estimate of drug-likeness (QED) is 0.676. The number of aromatic amines is 2. The van der Waals surface area contributed by atoms with E-state index in [1.807, 2.05) is 0 Å². The lowest BCUT2D eigenvalue weighted by Crippen LogP contribution is -2.08. The van der Waals surface area contributed by atoms with Crippen molar-refractivity contribution in [1.82, 2.24) is 15.0 Å². The van der Waals surface area contributed by atoms with Gasteiger partial charge in [0.2, 0.25) is 0 Å². The Morgan fingerprint density at radius 3 is 2.62 bits per heavy atom. The molecule has 3 N–H and O–H groups in total. The number of aromatic nitrogens is 3. The van der Waals surface area contributed by atoms with Gasteiger partial charge >= 0.3 is 0 Å². The molecule has 1 aromatic carbocycles. The predicted octanol–water partition coefficient (Wildman–Crippen LogP) is 3.44. The third-order valence-corrected chi connectivity index (χ3v) is 3.52. The van der Waals surface area contributed by atoms with E-state index in [-0.39, 0.29) is 0 Å². The number of benzene rings is 1. The molecular formula is C14H9Cl2N3O2. The van der Waals surface area contributed by atoms with E-state index in [2.05, 4.69) is 15.0 Å². The average molecular weight is 322 g/mol. The lowest BCUT2D eigenvalue weighted by Gasteiger charge is -2.10. The van der Waals surface area contributed by atoms with Crippen molar-refractivity contribution in [2.45, 2.75) is 0 Å². The van der Waals surface area contributed by atoms with Gasteiger partial charge in [0.25, 0.3) is 5.56 Å². The highest BCUT2D eigenvalue weighted by Crippen LogP contribution is 2.34. The molecule has 0 fully saturated rings. The van der Waals surface area contributed by atoms with Crippen LogP contribution in [-0.4, -0.2) is 20.1 Å². The Morgan fingerprint density at radius 1 is 1.14 bits per heavy atom. The second-order valence-corrected chi connectivity index (χ2v) is 5.18. The van der Waals surface area contributed by atoms with Gasteiger partial charge in [0.1, 0.15) is 5.82 Å². The molecule has 0 aliphatic rings. The highest BCUT2D eigenvalue weighted by Gasteiger charge is 2.16. The molecule has 0 unspecified atom stereocenters. The van der Waals surface area contributed by atoms with Gasteiger partial charge in [-0.2, -0.15) is 0 Å². The second-order valence-electron chi connectivity index (χ2n) is 4.33. The molecule has 3 rings (SSSR count). The molecule has 2 aromatic heterocycles. The largest absolute Gasteiger partial charge is 0.503 e. The lowest BCUT2D eigenvalue weighted by molar-refractivity contribution is 0.467. The first kappa shape index (κ1) is 13.7. The monoisotopic (exact) mass is 321 g/mol. The van der Waals surface area contributed by atoms with Crippen molar-refractivity contribution in [1.29, 1.82) is 0 Å². The van der Waals surface area contributed by atoms with Crippen molar-refractivity contribution in [2.24, 2.45) is 0 Å². The minimum atomic E-state index is -0.605. The molecule has 3 aromatic rings. The SMILES string of the molecule is O=c1[nH]c(-c2ccc(Cl)cc2Cl)c(-c2ncc[nH]2)cc1O. The Bertz CT molecular complexity index is 857. The molecule has 0 atom stereocenters. The standard InChI is InChI=1S/C14H9Cl2N3O2/c15-7-1-2-8(10(16)5-7)12-9(13-17-3-4-18-13)6-11(20)14(21)19-12/h1-6,20H,(H,17,18)(H,19,21). The van der Waals surface area contributed by atoms with E-state index >= 15 is 0 Å². The number of H-pyrrole nitrogens is 2. The van der Waals surface area contributed by atoms with E-state index in [4.69, 9.17) is 23.2 Å². The number of nitrogens with one attached hydrogen (secondary N) is 2. The van der Waals surface area contributed by atoms with Crippen LogP contribution in [0.1, 0.15) is 0 Å². The summed E-state index contributed by atoms with van der Waals surface area (Å²) in [7, 11) is 0. The summed E-state index contributed by atoms with van der Waals surface area (Å²) < 4.78 is 0. The van der Waals surface area contributed by atoms with Crippen molar-refractivity contribution in [3.8, 4) is 28.4 Å². The van der Waals surface area contributed by atoms with Gasteiger partial charge in [-0.15, -0.1) is 0 Å². The molecule has 5 nitrogen and oxygen atoms in total. The highest BCUT2D eigenvalue weighted by molar-refractivity contribution is 6.36. The maximum absolute atomic E-state index is 11.7. The van der Waals surface area contributed by atoms with Gasteiger partial charge in [-0.1, -0.05) is 23.2 Å². The molecule has 0 saturated carbocycles. The smallest absolute Gasteiger partial charge is 0.290 e. The fraction of sp³-hybridized carbons (Fsp3) is 0. The zero-order chi connectivity index (χ0) is 15.0. The fourth-order valence-electron chi connectivity index (χ4n) is 2.02. The summed E-state index contributed by atoms with van der Waals surface area (Å²) in [6, 6.07) is 6.28. The van der Waals surface area contributed by atoms with E-state index in [0.29, 0.717) is 32.7 Å². The topological polar surface area (TPSA) is 81.8 Å². The summed E-state index contributed by atoms with van der Waals surface area (Å²) >= 11 is 12.1. The molecule has 0 bridgehead atoms. The van der Waals surface area contributed by atoms with Crippen LogP contribution in [0.15, 0.2) is 41.5 Å². The van der Waals surface area contributed by atoms with Gasteiger partial charge in [-0.05, 0) is 24.3 Å². The zero-order valence-corrected chi connectivity index (χ0v) is 12.0. The molecule has 0 spiro atoms. The highest BCUT2D eigenvalue weighted by atomic mass is 35.5. The first-order valence-corrected chi connectivity index (χ1v) is 6.73. The van der Waals surface area contributed by atoms with Crippen LogP contribution in [0.3, 0.4) is 0 Å². The van der Waals surface area contributed by atoms with E-state index in [1.165, 1.54) is 6.07 Å². The molecule has 2 heterocycles. The van der Waals surface area contributed by atoms with Gasteiger partial charge in [0, 0.05) is 28.5 Å². The Labute approximate surface area is 129 Å². The number of imidazole rings is 1. The molecule has 0 aliphatic carbocycles. The Morgan fingerprint density at radius 2 is 1.95 bits per heavy atom. The average Bonchev–Trinajstić information content (AvgIpc) is 2.95. The number of pyridine rings is 1. The number of nitrogens with zero attached hydrogens (tertiary/aromatic N) is 1. The summed E-state index contributed by atoms with van der Waals surface area (Å²) in [5.74, 6) is 0.109. The van der Waals surface area contributed by atoms with Crippen LogP contribution >= 0.6 is 23.2 Å². The van der Waals surface area contributed by atoms with Crippen LogP contribution in [-0.2, 0) is 0 Å². The first-order valence-electron chi connectivity index (χ1n) is 5.97. The summed E-state index contributed by atoms with van der Waals surface area (Å²) in [4.78, 5) is 21.4. The second kappa shape index (κ2) is 5.27. The van der Waals surface area contributed by atoms with Crippen molar-refractivity contribution in [2.75, 3.05) is 0 Å². The number of aromatic hydroxyl groups is 1. The normalized spacial score (nSPS) is 10.8. The van der Waals surface area contributed by atoms with Crippen LogP contribution in [0, 0.1) is 0 Å². The Hall–Kier alpha value is -2.24. The van der Waals surface area contributed by atoms with Crippen molar-refractivity contribution >= 4 is 23.2 Å². The number of rotatable bonds is 2. The van der Waals surface area contributed by atoms with Crippen LogP contribution < -0.4 is 5.56 Å². The molecule has 21 heavy (non-hydrogen) atoms. The molecule has 0 aliphatic heterocycles. The molecule has 0 amide bonds. The van der Waals surface area contributed by atoms with Crippen molar-refractivity contribution < 1.29 is 5.11 Å². The summed E-state index contributed by atoms with van der Waals surface area (Å²) in [6.07, 6.45) is 3.22. The van der Waals surface area contributed by atoms with Crippen LogP contribution in [0.2, 0.25) is 10.0 Å². The fourth-order valence-corrected chi connectivity index (χ4v) is 2.53. The third-order valence-electron chi connectivity index (χ3n) is 2.98. The van der Waals surface area contributed by atoms with Gasteiger partial charge in [-0.3, -0.25) is 4.79 Å². The first-order chi connectivity index (χ1) is 10.1. The van der Waals surface area contributed by atoms with Gasteiger partial charge < -0.3 is 15.1 Å². The van der Waals surface area contributed by atoms with Crippen LogP contribution in [0.5, 0.6) is 5.75 Å². The summed E-state index contributed by atoms with van der Waals surface area (Å²) in [6.45, 7) is 0. The Balaban J connectivity index is 2.31. The molecule has 0 radical (unpaired) electrons. The lowest BCUT2D eigenvalue weighted by atomic mass is 10.0. The van der Waals surface area contributed by atoms with Gasteiger partial charge in [0.15, 0.2) is 5.75 Å².